The number of nitrogens with zero attached hydrogens (tertiary/aromatic N) is 2. The molecular formula is C15H14FN3O3S2. The number of benzene rings is 1. The van der Waals surface area contributed by atoms with Gasteiger partial charge in [-0.05, 0) is 38.5 Å². The molecule has 6 nitrogen and oxygen atoms in total. The van der Waals surface area contributed by atoms with Crippen LogP contribution in [0.1, 0.15) is 16.1 Å². The molecule has 0 spiro atoms. The van der Waals surface area contributed by atoms with E-state index in [1.165, 1.54) is 34.8 Å². The molecule has 0 bridgehead atoms. The van der Waals surface area contributed by atoms with E-state index in [0.717, 1.165) is 10.9 Å². The van der Waals surface area contributed by atoms with Gasteiger partial charge in [0.25, 0.3) is 15.6 Å². The largest absolute Gasteiger partial charge is 0.279 e. The highest BCUT2D eigenvalue weighted by molar-refractivity contribution is 7.92. The summed E-state index contributed by atoms with van der Waals surface area (Å²) in [6.45, 7) is 4.83. The Morgan fingerprint density at radius 3 is 2.62 bits per heavy atom. The van der Waals surface area contributed by atoms with E-state index in [1.807, 2.05) is 0 Å². The zero-order chi connectivity index (χ0) is 17.6. The molecule has 2 heterocycles. The standard InChI is InChI=1S/C15H14FN3O3S2/c1-8-4-5-11(6-12(8)16)18-24(21,22)13-10(3)17-15-19(14(13)20)7-9(2)23-15/h4-7,18H,1-3H3. The molecule has 126 valence electrons. The van der Waals surface area contributed by atoms with Crippen LogP contribution in [0.5, 0.6) is 0 Å². The molecule has 0 atom stereocenters. The lowest BCUT2D eigenvalue weighted by Crippen LogP contribution is -2.27. The fourth-order valence-corrected chi connectivity index (χ4v) is 4.47. The van der Waals surface area contributed by atoms with Crippen molar-refractivity contribution in [1.29, 1.82) is 0 Å². The van der Waals surface area contributed by atoms with Gasteiger partial charge in [0.2, 0.25) is 0 Å². The third-order valence-electron chi connectivity index (χ3n) is 3.47. The fourth-order valence-electron chi connectivity index (χ4n) is 2.31. The van der Waals surface area contributed by atoms with Crippen LogP contribution in [0.4, 0.5) is 10.1 Å². The van der Waals surface area contributed by atoms with Crippen LogP contribution in [0.15, 0.2) is 34.1 Å². The first-order chi connectivity index (χ1) is 11.2. The van der Waals surface area contributed by atoms with Crippen LogP contribution < -0.4 is 10.3 Å². The molecular weight excluding hydrogens is 353 g/mol. The Morgan fingerprint density at radius 2 is 1.96 bits per heavy atom. The first kappa shape index (κ1) is 16.6. The smallest absolute Gasteiger partial charge is 0.279 e. The highest BCUT2D eigenvalue weighted by Crippen LogP contribution is 2.20. The normalized spacial score (nSPS) is 11.8. The lowest BCUT2D eigenvalue weighted by atomic mass is 10.2. The number of rotatable bonds is 3. The topological polar surface area (TPSA) is 80.5 Å². The molecule has 0 aliphatic heterocycles. The summed E-state index contributed by atoms with van der Waals surface area (Å²) in [5.74, 6) is -0.536. The lowest BCUT2D eigenvalue weighted by Gasteiger charge is -2.10. The average Bonchev–Trinajstić information content (AvgIpc) is 2.83. The van der Waals surface area contributed by atoms with Gasteiger partial charge in [0.1, 0.15) is 5.82 Å². The van der Waals surface area contributed by atoms with E-state index in [2.05, 4.69) is 9.71 Å². The van der Waals surface area contributed by atoms with Gasteiger partial charge in [-0.1, -0.05) is 6.07 Å². The molecule has 1 N–H and O–H groups in total. The fraction of sp³-hybridized carbons (Fsp3) is 0.200. The van der Waals surface area contributed by atoms with Gasteiger partial charge >= 0.3 is 0 Å². The van der Waals surface area contributed by atoms with Crippen molar-refractivity contribution in [2.24, 2.45) is 0 Å². The zero-order valence-electron chi connectivity index (χ0n) is 13.1. The molecule has 0 saturated carbocycles. The van der Waals surface area contributed by atoms with Crippen LogP contribution in [0.25, 0.3) is 4.96 Å². The van der Waals surface area contributed by atoms with Crippen LogP contribution in [0.3, 0.4) is 0 Å². The van der Waals surface area contributed by atoms with Gasteiger partial charge in [0, 0.05) is 11.1 Å². The Morgan fingerprint density at radius 1 is 1.25 bits per heavy atom. The lowest BCUT2D eigenvalue weighted by molar-refractivity contribution is 0.598. The molecule has 1 aromatic carbocycles. The SMILES string of the molecule is Cc1cn2c(=O)c(S(=O)(=O)Nc3ccc(C)c(F)c3)c(C)nc2s1. The average molecular weight is 367 g/mol. The van der Waals surface area contributed by atoms with E-state index in [1.54, 1.807) is 20.0 Å². The number of aromatic nitrogens is 2. The number of thiazole rings is 1. The third-order valence-corrected chi connectivity index (χ3v) is 5.88. The minimum Gasteiger partial charge on any atom is -0.279 e. The summed E-state index contributed by atoms with van der Waals surface area (Å²) in [6, 6.07) is 3.96. The van der Waals surface area contributed by atoms with Crippen LogP contribution in [-0.4, -0.2) is 17.8 Å². The molecule has 0 aliphatic rings. The molecule has 0 radical (unpaired) electrons. The van der Waals surface area contributed by atoms with Gasteiger partial charge in [0.15, 0.2) is 9.86 Å². The predicted molar refractivity (Wildman–Crippen MR) is 90.8 cm³/mol. The molecule has 0 saturated heterocycles. The maximum atomic E-state index is 13.6. The van der Waals surface area contributed by atoms with Crippen LogP contribution in [-0.2, 0) is 10.0 Å². The maximum absolute atomic E-state index is 13.6. The van der Waals surface area contributed by atoms with E-state index in [0.29, 0.717) is 10.5 Å². The van der Waals surface area contributed by atoms with Crippen molar-refractivity contribution in [2.45, 2.75) is 25.7 Å². The van der Waals surface area contributed by atoms with Gasteiger partial charge in [-0.2, -0.15) is 0 Å². The van der Waals surface area contributed by atoms with E-state index >= 15 is 0 Å². The molecule has 0 fully saturated rings. The number of hydrogen-bond donors (Lipinski definition) is 1. The second kappa shape index (κ2) is 5.67. The van der Waals surface area contributed by atoms with Crippen molar-refractivity contribution in [3.63, 3.8) is 0 Å². The minimum atomic E-state index is -4.19. The second-order valence-corrected chi connectivity index (χ2v) is 8.23. The molecule has 2 aromatic heterocycles. The summed E-state index contributed by atoms with van der Waals surface area (Å²) in [7, 11) is -4.19. The Hall–Kier alpha value is -2.26. The van der Waals surface area contributed by atoms with Crippen LogP contribution >= 0.6 is 11.3 Å². The van der Waals surface area contributed by atoms with Gasteiger partial charge < -0.3 is 0 Å². The number of halogens is 1. The van der Waals surface area contributed by atoms with Crippen LogP contribution in [0, 0.1) is 26.6 Å². The number of fused-ring (bicyclic) bond motifs is 1. The minimum absolute atomic E-state index is 0.0449. The van der Waals surface area contributed by atoms with Gasteiger partial charge in [-0.3, -0.25) is 13.9 Å². The Labute approximate surface area is 141 Å². The van der Waals surface area contributed by atoms with Gasteiger partial charge in [0.05, 0.1) is 11.4 Å². The van der Waals surface area contributed by atoms with Crippen molar-refractivity contribution < 1.29 is 12.8 Å². The summed E-state index contributed by atoms with van der Waals surface area (Å²) in [6.07, 6.45) is 1.54. The van der Waals surface area contributed by atoms with E-state index in [4.69, 9.17) is 0 Å². The molecule has 0 aliphatic carbocycles. The number of sulfonamides is 1. The number of nitrogens with one attached hydrogen (secondary N) is 1. The summed E-state index contributed by atoms with van der Waals surface area (Å²) < 4.78 is 42.3. The van der Waals surface area contributed by atoms with E-state index in [-0.39, 0.29) is 11.4 Å². The predicted octanol–water partition coefficient (Wildman–Crippen LogP) is 2.62. The van der Waals surface area contributed by atoms with Crippen molar-refractivity contribution in [3.8, 4) is 0 Å². The Bertz CT molecular complexity index is 1120. The van der Waals surface area contributed by atoms with Crippen molar-refractivity contribution in [3.05, 3.63) is 56.7 Å². The Kier molecular flexibility index (Phi) is 3.92. The maximum Gasteiger partial charge on any atom is 0.279 e. The highest BCUT2D eigenvalue weighted by Gasteiger charge is 2.25. The third kappa shape index (κ3) is 2.80. The number of anilines is 1. The first-order valence-corrected chi connectivity index (χ1v) is 9.27. The van der Waals surface area contributed by atoms with E-state index < -0.39 is 26.3 Å². The van der Waals surface area contributed by atoms with Crippen molar-refractivity contribution in [1.82, 2.24) is 9.38 Å². The van der Waals surface area contributed by atoms with Crippen LogP contribution in [0.2, 0.25) is 0 Å². The quantitative estimate of drug-likeness (QED) is 0.772. The molecule has 9 heteroatoms. The van der Waals surface area contributed by atoms with Crippen molar-refractivity contribution in [2.75, 3.05) is 4.72 Å². The summed E-state index contributed by atoms with van der Waals surface area (Å²) in [4.78, 5) is 17.6. The second-order valence-electron chi connectivity index (χ2n) is 5.40. The first-order valence-electron chi connectivity index (χ1n) is 6.97. The molecule has 24 heavy (non-hydrogen) atoms. The number of aryl methyl sites for hydroxylation is 3. The monoisotopic (exact) mass is 367 g/mol. The summed E-state index contributed by atoms with van der Waals surface area (Å²) >= 11 is 1.29. The van der Waals surface area contributed by atoms with Gasteiger partial charge in [-0.15, -0.1) is 11.3 Å². The Balaban J connectivity index is 2.14. The number of hydrogen-bond acceptors (Lipinski definition) is 5. The zero-order valence-corrected chi connectivity index (χ0v) is 14.8. The molecule has 3 rings (SSSR count). The van der Waals surface area contributed by atoms with Gasteiger partial charge in [-0.25, -0.2) is 17.8 Å². The van der Waals surface area contributed by atoms with Crippen molar-refractivity contribution >= 4 is 32.0 Å². The highest BCUT2D eigenvalue weighted by atomic mass is 32.2. The molecule has 0 amide bonds. The molecule has 3 aromatic rings. The summed E-state index contributed by atoms with van der Waals surface area (Å²) in [5, 5.41) is 0. The van der Waals surface area contributed by atoms with E-state index in [9.17, 15) is 17.6 Å². The summed E-state index contributed by atoms with van der Waals surface area (Å²) in [5.41, 5.74) is -0.140. The molecule has 0 unspecified atom stereocenters.